The fourth-order valence-corrected chi connectivity index (χ4v) is 1.46. The van der Waals surface area contributed by atoms with Crippen LogP contribution in [-0.2, 0) is 9.47 Å². The number of likely N-dealkylation sites (tertiary alicyclic amines) is 1. The van der Waals surface area contributed by atoms with Gasteiger partial charge in [-0.05, 0) is 26.7 Å². The molecule has 0 bridgehead atoms. The Morgan fingerprint density at radius 3 is 2.67 bits per heavy atom. The highest BCUT2D eigenvalue weighted by atomic mass is 16.6. The lowest BCUT2D eigenvalue weighted by Crippen LogP contribution is -2.37. The van der Waals surface area contributed by atoms with Gasteiger partial charge in [0, 0.05) is 13.7 Å². The van der Waals surface area contributed by atoms with Crippen molar-refractivity contribution in [2.24, 2.45) is 0 Å². The lowest BCUT2D eigenvalue weighted by Gasteiger charge is -2.26. The average molecular weight is 215 g/mol. The summed E-state index contributed by atoms with van der Waals surface area (Å²) in [5.74, 6) is 0. The predicted molar refractivity (Wildman–Crippen MR) is 57.8 cm³/mol. The highest BCUT2D eigenvalue weighted by Crippen LogP contribution is 2.18. The third-order valence-electron chi connectivity index (χ3n) is 2.95. The summed E-state index contributed by atoms with van der Waals surface area (Å²) in [6.45, 7) is 7.24. The van der Waals surface area contributed by atoms with Crippen molar-refractivity contribution >= 4 is 6.09 Å². The molecule has 4 nitrogen and oxygen atoms in total. The van der Waals surface area contributed by atoms with E-state index in [-0.39, 0.29) is 17.8 Å². The number of hydrogen-bond acceptors (Lipinski definition) is 3. The van der Waals surface area contributed by atoms with E-state index in [1.54, 1.807) is 12.0 Å². The van der Waals surface area contributed by atoms with Crippen LogP contribution in [0.5, 0.6) is 0 Å². The Bertz CT molecular complexity index is 228. The summed E-state index contributed by atoms with van der Waals surface area (Å²) in [6.07, 6.45) is 1.67. The molecule has 15 heavy (non-hydrogen) atoms. The van der Waals surface area contributed by atoms with Gasteiger partial charge in [-0.25, -0.2) is 4.79 Å². The van der Waals surface area contributed by atoms with Gasteiger partial charge in [-0.3, -0.25) is 0 Å². The molecule has 1 heterocycles. The van der Waals surface area contributed by atoms with Crippen LogP contribution in [0.15, 0.2) is 0 Å². The zero-order chi connectivity index (χ0) is 11.5. The molecule has 88 valence electrons. The number of carbonyl (C=O) groups excluding carboxylic acids is 1. The second-order valence-corrected chi connectivity index (χ2v) is 4.57. The molecule has 0 unspecified atom stereocenters. The molecule has 0 saturated carbocycles. The molecule has 0 N–H and O–H groups in total. The molecule has 4 heteroatoms. The van der Waals surface area contributed by atoms with Crippen LogP contribution in [0.3, 0.4) is 0 Å². The summed E-state index contributed by atoms with van der Waals surface area (Å²) in [7, 11) is 1.68. The van der Waals surface area contributed by atoms with Crippen LogP contribution >= 0.6 is 0 Å². The van der Waals surface area contributed by atoms with Gasteiger partial charge in [0.1, 0.15) is 5.60 Å². The van der Waals surface area contributed by atoms with Gasteiger partial charge in [0.25, 0.3) is 0 Å². The smallest absolute Gasteiger partial charge is 0.410 e. The molecule has 1 atom stereocenters. The molecule has 0 aliphatic carbocycles. The van der Waals surface area contributed by atoms with Crippen LogP contribution in [-0.4, -0.2) is 42.9 Å². The predicted octanol–water partition coefficient (Wildman–Crippen LogP) is 2.03. The fourth-order valence-electron chi connectivity index (χ4n) is 1.46. The van der Waals surface area contributed by atoms with Crippen molar-refractivity contribution in [3.05, 3.63) is 0 Å². The van der Waals surface area contributed by atoms with E-state index in [0.29, 0.717) is 6.54 Å². The molecule has 0 radical (unpaired) electrons. The van der Waals surface area contributed by atoms with Crippen molar-refractivity contribution < 1.29 is 14.3 Å². The summed E-state index contributed by atoms with van der Waals surface area (Å²) in [6, 6.07) is 0. The lowest BCUT2D eigenvalue weighted by atomic mass is 10.1. The number of amides is 1. The number of ether oxygens (including phenoxy) is 2. The minimum atomic E-state index is -0.373. The van der Waals surface area contributed by atoms with Crippen LogP contribution in [0.4, 0.5) is 4.79 Å². The quantitative estimate of drug-likeness (QED) is 0.723. The van der Waals surface area contributed by atoms with Gasteiger partial charge in [-0.15, -0.1) is 0 Å². The zero-order valence-corrected chi connectivity index (χ0v) is 10.1. The van der Waals surface area contributed by atoms with Crippen LogP contribution in [0.2, 0.25) is 0 Å². The molecular formula is C11H21NO3. The monoisotopic (exact) mass is 215 g/mol. The van der Waals surface area contributed by atoms with E-state index < -0.39 is 0 Å². The second-order valence-electron chi connectivity index (χ2n) is 4.57. The maximum atomic E-state index is 11.7. The normalized spacial score (nSPS) is 21.9. The van der Waals surface area contributed by atoms with E-state index in [1.165, 1.54) is 0 Å². The number of hydrogen-bond donors (Lipinski definition) is 0. The van der Waals surface area contributed by atoms with E-state index in [4.69, 9.17) is 9.47 Å². The third kappa shape index (κ3) is 3.38. The fraction of sp³-hybridized carbons (Fsp3) is 0.909. The Kier molecular flexibility index (Phi) is 3.97. The van der Waals surface area contributed by atoms with E-state index in [2.05, 4.69) is 0 Å². The zero-order valence-electron chi connectivity index (χ0n) is 10.1. The van der Waals surface area contributed by atoms with Crippen molar-refractivity contribution in [3.8, 4) is 0 Å². The lowest BCUT2D eigenvalue weighted by molar-refractivity contribution is 0.0121. The van der Waals surface area contributed by atoms with Crippen LogP contribution in [0.1, 0.15) is 33.6 Å². The first-order valence-corrected chi connectivity index (χ1v) is 5.49. The largest absolute Gasteiger partial charge is 0.443 e. The molecule has 0 aromatic carbocycles. The van der Waals surface area contributed by atoms with Gasteiger partial charge in [-0.1, -0.05) is 6.92 Å². The maximum Gasteiger partial charge on any atom is 0.410 e. The molecule has 1 amide bonds. The van der Waals surface area contributed by atoms with E-state index in [0.717, 1.165) is 19.4 Å². The van der Waals surface area contributed by atoms with Gasteiger partial charge in [0.15, 0.2) is 0 Å². The molecular weight excluding hydrogens is 194 g/mol. The number of carbonyl (C=O) groups is 1. The highest BCUT2D eigenvalue weighted by molar-refractivity contribution is 5.68. The van der Waals surface area contributed by atoms with Crippen LogP contribution in [0.25, 0.3) is 0 Å². The first-order valence-electron chi connectivity index (χ1n) is 5.49. The minimum absolute atomic E-state index is 0.169. The van der Waals surface area contributed by atoms with Crippen molar-refractivity contribution in [3.63, 3.8) is 0 Å². The van der Waals surface area contributed by atoms with Gasteiger partial charge in [0.2, 0.25) is 0 Å². The second kappa shape index (κ2) is 4.84. The summed E-state index contributed by atoms with van der Waals surface area (Å²) in [5, 5.41) is 0. The molecule has 1 saturated heterocycles. The highest BCUT2D eigenvalue weighted by Gasteiger charge is 2.30. The van der Waals surface area contributed by atoms with Crippen LogP contribution < -0.4 is 0 Å². The number of methoxy groups -OCH3 is 1. The third-order valence-corrected chi connectivity index (χ3v) is 2.95. The first-order chi connectivity index (χ1) is 6.98. The first kappa shape index (κ1) is 12.3. The van der Waals surface area contributed by atoms with Crippen molar-refractivity contribution in [1.29, 1.82) is 0 Å². The summed E-state index contributed by atoms with van der Waals surface area (Å²) in [5.41, 5.74) is -0.373. The van der Waals surface area contributed by atoms with Crippen molar-refractivity contribution in [2.45, 2.75) is 45.3 Å². The molecule has 1 fully saturated rings. The number of nitrogens with zero attached hydrogens (tertiary/aromatic N) is 1. The van der Waals surface area contributed by atoms with Gasteiger partial charge >= 0.3 is 6.09 Å². The van der Waals surface area contributed by atoms with Crippen LogP contribution in [0, 0.1) is 0 Å². The van der Waals surface area contributed by atoms with Gasteiger partial charge in [0.05, 0.1) is 12.6 Å². The molecule has 0 aromatic heterocycles. The molecule has 0 spiro atoms. The maximum absolute atomic E-state index is 11.7. The summed E-state index contributed by atoms with van der Waals surface area (Å²) < 4.78 is 10.6. The Balaban J connectivity index is 2.42. The Morgan fingerprint density at radius 2 is 2.20 bits per heavy atom. The molecule has 1 aliphatic heterocycles. The van der Waals surface area contributed by atoms with E-state index >= 15 is 0 Å². The summed E-state index contributed by atoms with van der Waals surface area (Å²) >= 11 is 0. The van der Waals surface area contributed by atoms with E-state index in [9.17, 15) is 4.79 Å². The topological polar surface area (TPSA) is 38.8 Å². The molecule has 1 aliphatic rings. The Morgan fingerprint density at radius 1 is 1.53 bits per heavy atom. The Hall–Kier alpha value is -0.770. The average Bonchev–Trinajstić information content (AvgIpc) is 2.65. The Labute approximate surface area is 91.5 Å². The van der Waals surface area contributed by atoms with Gasteiger partial charge in [-0.2, -0.15) is 0 Å². The van der Waals surface area contributed by atoms with Crippen molar-refractivity contribution in [1.82, 2.24) is 4.90 Å². The minimum Gasteiger partial charge on any atom is -0.443 e. The number of rotatable bonds is 3. The SMILES string of the molecule is CCC(C)(C)OC(=O)N1CC[C@@H](OC)C1. The van der Waals surface area contributed by atoms with Crippen molar-refractivity contribution in [2.75, 3.05) is 20.2 Å². The van der Waals surface area contributed by atoms with Gasteiger partial charge < -0.3 is 14.4 Å². The van der Waals surface area contributed by atoms with E-state index in [1.807, 2.05) is 20.8 Å². The summed E-state index contributed by atoms with van der Waals surface area (Å²) in [4.78, 5) is 13.4. The molecule has 0 aromatic rings. The molecule has 1 rings (SSSR count). The standard InChI is InChI=1S/C11H21NO3/c1-5-11(2,3)15-10(13)12-7-6-9(8-12)14-4/h9H,5-8H2,1-4H3/t9-/m1/s1.